The van der Waals surface area contributed by atoms with Gasteiger partial charge in [-0.15, -0.1) is 0 Å². The van der Waals surface area contributed by atoms with Gasteiger partial charge in [0.1, 0.15) is 0 Å². The molecule has 0 aliphatic heterocycles. The summed E-state index contributed by atoms with van der Waals surface area (Å²) in [5.74, 6) is 0. The molecule has 0 aliphatic carbocycles. The van der Waals surface area contributed by atoms with Crippen molar-refractivity contribution in [3.63, 3.8) is 0 Å². The first-order valence-corrected chi connectivity index (χ1v) is 6.48. The Morgan fingerprint density at radius 2 is 1.68 bits per heavy atom. The molecule has 19 heavy (non-hydrogen) atoms. The van der Waals surface area contributed by atoms with Gasteiger partial charge in [-0.2, -0.15) is 0 Å². The van der Waals surface area contributed by atoms with Crippen molar-refractivity contribution in [2.45, 2.75) is 13.0 Å². The molecule has 3 rings (SSSR count). The van der Waals surface area contributed by atoms with Gasteiger partial charge in [-0.25, -0.2) is 0 Å². The van der Waals surface area contributed by atoms with E-state index in [1.807, 2.05) is 12.3 Å². The predicted molar refractivity (Wildman–Crippen MR) is 78.9 cm³/mol. The summed E-state index contributed by atoms with van der Waals surface area (Å²) in [5.41, 5.74) is 9.36. The molecule has 94 valence electrons. The number of nitrogens with zero attached hydrogens (tertiary/aromatic N) is 1. The fourth-order valence-electron chi connectivity index (χ4n) is 2.47. The van der Waals surface area contributed by atoms with E-state index in [4.69, 9.17) is 5.73 Å². The lowest BCUT2D eigenvalue weighted by Gasteiger charge is -2.09. The van der Waals surface area contributed by atoms with Crippen LogP contribution in [0.1, 0.15) is 16.8 Å². The molecule has 0 amide bonds. The van der Waals surface area contributed by atoms with E-state index in [9.17, 15) is 0 Å². The summed E-state index contributed by atoms with van der Waals surface area (Å²) in [6, 6.07) is 18.9. The van der Waals surface area contributed by atoms with Gasteiger partial charge < -0.3 is 5.73 Å². The quantitative estimate of drug-likeness (QED) is 0.772. The van der Waals surface area contributed by atoms with E-state index in [-0.39, 0.29) is 0 Å². The molecule has 0 unspecified atom stereocenters. The minimum absolute atomic E-state index is 0.478. The van der Waals surface area contributed by atoms with Crippen molar-refractivity contribution in [3.8, 4) is 0 Å². The van der Waals surface area contributed by atoms with Crippen LogP contribution in [0.15, 0.2) is 60.8 Å². The van der Waals surface area contributed by atoms with Gasteiger partial charge in [0.15, 0.2) is 0 Å². The highest BCUT2D eigenvalue weighted by atomic mass is 14.7. The second-order valence-electron chi connectivity index (χ2n) is 4.64. The highest BCUT2D eigenvalue weighted by Gasteiger charge is 2.05. The molecular weight excluding hydrogens is 232 g/mol. The molecule has 0 atom stereocenters. The van der Waals surface area contributed by atoms with Crippen molar-refractivity contribution >= 4 is 10.8 Å². The minimum Gasteiger partial charge on any atom is -0.325 e. The third kappa shape index (κ3) is 2.35. The largest absolute Gasteiger partial charge is 0.325 e. The van der Waals surface area contributed by atoms with Gasteiger partial charge in [0.2, 0.25) is 0 Å². The fraction of sp³-hybridized carbons (Fsp3) is 0.118. The normalized spacial score (nSPS) is 10.8. The number of hydrogen-bond acceptors (Lipinski definition) is 2. The molecule has 0 saturated heterocycles. The number of pyridine rings is 1. The predicted octanol–water partition coefficient (Wildman–Crippen LogP) is 3.28. The smallest absolute Gasteiger partial charge is 0.0617 e. The summed E-state index contributed by atoms with van der Waals surface area (Å²) >= 11 is 0. The van der Waals surface area contributed by atoms with E-state index in [1.54, 1.807) is 0 Å². The van der Waals surface area contributed by atoms with Crippen LogP contribution in [0.4, 0.5) is 0 Å². The third-order valence-corrected chi connectivity index (χ3v) is 3.41. The van der Waals surface area contributed by atoms with E-state index in [1.165, 1.54) is 21.9 Å². The Morgan fingerprint density at radius 1 is 0.842 bits per heavy atom. The zero-order chi connectivity index (χ0) is 13.1. The molecule has 2 aromatic carbocycles. The average Bonchev–Trinajstić information content (AvgIpc) is 2.48. The SMILES string of the molecule is NCc1nccc2c(Cc3ccccc3)cccc12. The van der Waals surface area contributed by atoms with Crippen LogP contribution in [-0.2, 0) is 13.0 Å². The molecule has 0 fully saturated rings. The number of aromatic nitrogens is 1. The minimum atomic E-state index is 0.478. The van der Waals surface area contributed by atoms with Gasteiger partial charge in [0.25, 0.3) is 0 Å². The van der Waals surface area contributed by atoms with Crippen LogP contribution in [0, 0.1) is 0 Å². The zero-order valence-corrected chi connectivity index (χ0v) is 10.7. The van der Waals surface area contributed by atoms with Gasteiger partial charge in [-0.05, 0) is 29.0 Å². The lowest BCUT2D eigenvalue weighted by atomic mass is 9.98. The third-order valence-electron chi connectivity index (χ3n) is 3.41. The summed E-state index contributed by atoms with van der Waals surface area (Å²) in [5, 5.41) is 2.42. The summed E-state index contributed by atoms with van der Waals surface area (Å²) in [4.78, 5) is 4.35. The summed E-state index contributed by atoms with van der Waals surface area (Å²) in [6.45, 7) is 0.478. The van der Waals surface area contributed by atoms with Gasteiger partial charge in [0, 0.05) is 18.1 Å². The maximum Gasteiger partial charge on any atom is 0.0617 e. The Bertz CT molecular complexity index is 690. The van der Waals surface area contributed by atoms with Crippen molar-refractivity contribution in [3.05, 3.63) is 77.6 Å². The first kappa shape index (κ1) is 11.9. The Kier molecular flexibility index (Phi) is 3.25. The topological polar surface area (TPSA) is 38.9 Å². The highest BCUT2D eigenvalue weighted by molar-refractivity contribution is 5.87. The molecule has 0 radical (unpaired) electrons. The molecule has 0 saturated carbocycles. The van der Waals surface area contributed by atoms with E-state index in [0.29, 0.717) is 6.54 Å². The van der Waals surface area contributed by atoms with Crippen molar-refractivity contribution in [2.24, 2.45) is 5.73 Å². The number of fused-ring (bicyclic) bond motifs is 1. The maximum absolute atomic E-state index is 5.76. The fourth-order valence-corrected chi connectivity index (χ4v) is 2.47. The standard InChI is InChI=1S/C17H16N2/c18-12-17-16-8-4-7-14(15(16)9-10-19-17)11-13-5-2-1-3-6-13/h1-10H,11-12,18H2. The van der Waals surface area contributed by atoms with E-state index >= 15 is 0 Å². The molecule has 1 heterocycles. The van der Waals surface area contributed by atoms with Crippen LogP contribution in [0.2, 0.25) is 0 Å². The van der Waals surface area contributed by atoms with Gasteiger partial charge >= 0.3 is 0 Å². The molecular formula is C17H16N2. The van der Waals surface area contributed by atoms with Crippen LogP contribution in [0.3, 0.4) is 0 Å². The van der Waals surface area contributed by atoms with Crippen molar-refractivity contribution in [2.75, 3.05) is 0 Å². The van der Waals surface area contributed by atoms with Crippen LogP contribution >= 0.6 is 0 Å². The van der Waals surface area contributed by atoms with Crippen LogP contribution in [0.5, 0.6) is 0 Å². The maximum atomic E-state index is 5.76. The van der Waals surface area contributed by atoms with E-state index < -0.39 is 0 Å². The first-order valence-electron chi connectivity index (χ1n) is 6.48. The molecule has 2 N–H and O–H groups in total. The summed E-state index contributed by atoms with van der Waals surface area (Å²) < 4.78 is 0. The van der Waals surface area contributed by atoms with Crippen LogP contribution in [-0.4, -0.2) is 4.98 Å². The van der Waals surface area contributed by atoms with Crippen LogP contribution in [0.25, 0.3) is 10.8 Å². The summed E-state index contributed by atoms with van der Waals surface area (Å²) in [6.07, 6.45) is 2.78. The van der Waals surface area contributed by atoms with Crippen molar-refractivity contribution in [1.29, 1.82) is 0 Å². The lowest BCUT2D eigenvalue weighted by molar-refractivity contribution is 1.01. The van der Waals surface area contributed by atoms with Crippen LogP contribution < -0.4 is 5.73 Å². The molecule has 0 bridgehead atoms. The molecule has 0 aliphatic rings. The van der Waals surface area contributed by atoms with E-state index in [0.717, 1.165) is 12.1 Å². The van der Waals surface area contributed by atoms with Gasteiger partial charge in [0.05, 0.1) is 5.69 Å². The Balaban J connectivity index is 2.09. The number of hydrogen-bond donors (Lipinski definition) is 1. The number of nitrogens with two attached hydrogens (primary N) is 1. The second-order valence-corrected chi connectivity index (χ2v) is 4.64. The monoisotopic (exact) mass is 248 g/mol. The highest BCUT2D eigenvalue weighted by Crippen LogP contribution is 2.23. The number of benzene rings is 2. The second kappa shape index (κ2) is 5.21. The first-order chi connectivity index (χ1) is 9.38. The molecule has 1 aromatic heterocycles. The Morgan fingerprint density at radius 3 is 2.47 bits per heavy atom. The van der Waals surface area contributed by atoms with Crippen molar-refractivity contribution in [1.82, 2.24) is 4.98 Å². The van der Waals surface area contributed by atoms with Gasteiger partial charge in [-0.3, -0.25) is 4.98 Å². The summed E-state index contributed by atoms with van der Waals surface area (Å²) in [7, 11) is 0. The zero-order valence-electron chi connectivity index (χ0n) is 10.7. The van der Waals surface area contributed by atoms with E-state index in [2.05, 4.69) is 53.5 Å². The molecule has 2 heteroatoms. The van der Waals surface area contributed by atoms with Crippen molar-refractivity contribution < 1.29 is 0 Å². The average molecular weight is 248 g/mol. The Hall–Kier alpha value is -2.19. The molecule has 3 aromatic rings. The lowest BCUT2D eigenvalue weighted by Crippen LogP contribution is -2.01. The number of rotatable bonds is 3. The molecule has 0 spiro atoms. The Labute approximate surface area is 112 Å². The molecule has 2 nitrogen and oxygen atoms in total. The van der Waals surface area contributed by atoms with Gasteiger partial charge in [-0.1, -0.05) is 48.5 Å².